The van der Waals surface area contributed by atoms with E-state index in [1.54, 1.807) is 20.4 Å². The number of aryl methyl sites for hydroxylation is 1. The molecule has 2 aliphatic heterocycles. The maximum absolute atomic E-state index is 11.6. The van der Waals surface area contributed by atoms with Crippen molar-refractivity contribution in [3.8, 4) is 28.3 Å². The standard InChI is InChI=1S/C26H26N6O2/c1-17(33)31-12-26(13-31)14-32(15-26)22-10-21-19(9-23(22)34-3)25(28-16-27-21)20-11-30(2)29-24(20)18-7-5-4-6-8-18/h4-11,16H,12-15H2,1-3H3. The maximum atomic E-state index is 11.6. The lowest BCUT2D eigenvalue weighted by Gasteiger charge is -2.60. The van der Waals surface area contributed by atoms with Gasteiger partial charge in [0, 0.05) is 68.3 Å². The number of fused-ring (bicyclic) bond motifs is 1. The van der Waals surface area contributed by atoms with Crippen LogP contribution in [0, 0.1) is 5.41 Å². The van der Waals surface area contributed by atoms with Gasteiger partial charge in [0.15, 0.2) is 0 Å². The Bertz CT molecular complexity index is 1400. The summed E-state index contributed by atoms with van der Waals surface area (Å²) < 4.78 is 7.64. The molecule has 6 rings (SSSR count). The predicted octanol–water partition coefficient (Wildman–Crippen LogP) is 3.37. The van der Waals surface area contributed by atoms with Gasteiger partial charge in [0.25, 0.3) is 0 Å². The van der Waals surface area contributed by atoms with Gasteiger partial charge in [-0.1, -0.05) is 30.3 Å². The monoisotopic (exact) mass is 454 g/mol. The Morgan fingerprint density at radius 3 is 2.50 bits per heavy atom. The smallest absolute Gasteiger partial charge is 0.219 e. The second kappa shape index (κ2) is 7.55. The third-order valence-electron chi connectivity index (χ3n) is 6.96. The van der Waals surface area contributed by atoms with Crippen molar-refractivity contribution in [2.45, 2.75) is 6.92 Å². The van der Waals surface area contributed by atoms with Crippen LogP contribution >= 0.6 is 0 Å². The molecular weight excluding hydrogens is 428 g/mol. The molecule has 2 aromatic heterocycles. The van der Waals surface area contributed by atoms with Gasteiger partial charge in [-0.3, -0.25) is 9.48 Å². The number of likely N-dealkylation sites (tertiary alicyclic amines) is 1. The number of carbonyl (C=O) groups excluding carboxylic acids is 1. The van der Waals surface area contributed by atoms with Gasteiger partial charge < -0.3 is 14.5 Å². The summed E-state index contributed by atoms with van der Waals surface area (Å²) in [5.74, 6) is 0.952. The molecule has 8 heteroatoms. The van der Waals surface area contributed by atoms with Crippen molar-refractivity contribution in [3.05, 3.63) is 55.0 Å². The Hall–Kier alpha value is -3.94. The van der Waals surface area contributed by atoms with Gasteiger partial charge in [-0.15, -0.1) is 0 Å². The van der Waals surface area contributed by atoms with E-state index >= 15 is 0 Å². The summed E-state index contributed by atoms with van der Waals surface area (Å²) in [6.07, 6.45) is 3.62. The summed E-state index contributed by atoms with van der Waals surface area (Å²) in [7, 11) is 3.62. The number of anilines is 1. The molecule has 172 valence electrons. The number of aromatic nitrogens is 4. The van der Waals surface area contributed by atoms with Crippen LogP contribution in [0.5, 0.6) is 5.75 Å². The van der Waals surface area contributed by atoms with Gasteiger partial charge in [-0.05, 0) is 12.1 Å². The molecule has 4 aromatic rings. The fourth-order valence-electron chi connectivity index (χ4n) is 5.29. The lowest BCUT2D eigenvalue weighted by Crippen LogP contribution is -2.72. The molecule has 0 N–H and O–H groups in total. The molecule has 0 aliphatic carbocycles. The van der Waals surface area contributed by atoms with Crippen LogP contribution in [0.4, 0.5) is 5.69 Å². The molecule has 2 fully saturated rings. The SMILES string of the molecule is COc1cc2c(-c3cn(C)nc3-c3ccccc3)ncnc2cc1N1CC2(CN(C(C)=O)C2)C1. The van der Waals surface area contributed by atoms with Crippen molar-refractivity contribution in [2.24, 2.45) is 12.5 Å². The van der Waals surface area contributed by atoms with E-state index in [1.165, 1.54) is 0 Å². The summed E-state index contributed by atoms with van der Waals surface area (Å²) in [5, 5.41) is 5.64. The first kappa shape index (κ1) is 20.7. The Labute approximate surface area is 197 Å². The van der Waals surface area contributed by atoms with Crippen LogP contribution in [-0.4, -0.2) is 63.8 Å². The molecule has 0 saturated carbocycles. The van der Waals surface area contributed by atoms with Gasteiger partial charge in [0.2, 0.25) is 5.91 Å². The zero-order chi connectivity index (χ0) is 23.4. The molecule has 2 aromatic carbocycles. The molecule has 34 heavy (non-hydrogen) atoms. The van der Waals surface area contributed by atoms with Gasteiger partial charge in [0.05, 0.1) is 24.0 Å². The second-order valence-electron chi connectivity index (χ2n) is 9.43. The molecule has 1 spiro atoms. The minimum atomic E-state index is 0.155. The summed E-state index contributed by atoms with van der Waals surface area (Å²) in [6.45, 7) is 5.14. The van der Waals surface area contributed by atoms with Crippen molar-refractivity contribution in [2.75, 3.05) is 38.2 Å². The number of hydrogen-bond acceptors (Lipinski definition) is 6. The Morgan fingerprint density at radius 1 is 1.03 bits per heavy atom. The molecule has 2 aliphatic rings. The number of amides is 1. The van der Waals surface area contributed by atoms with E-state index in [-0.39, 0.29) is 11.3 Å². The van der Waals surface area contributed by atoms with Crippen molar-refractivity contribution < 1.29 is 9.53 Å². The van der Waals surface area contributed by atoms with Crippen molar-refractivity contribution in [1.82, 2.24) is 24.6 Å². The van der Waals surface area contributed by atoms with Crippen LogP contribution < -0.4 is 9.64 Å². The van der Waals surface area contributed by atoms with Gasteiger partial charge in [-0.2, -0.15) is 5.10 Å². The van der Waals surface area contributed by atoms with E-state index < -0.39 is 0 Å². The fourth-order valence-corrected chi connectivity index (χ4v) is 5.29. The Balaban J connectivity index is 1.38. The number of nitrogens with zero attached hydrogens (tertiary/aromatic N) is 6. The van der Waals surface area contributed by atoms with Crippen molar-refractivity contribution in [1.29, 1.82) is 0 Å². The molecule has 0 atom stereocenters. The Morgan fingerprint density at radius 2 is 1.79 bits per heavy atom. The number of carbonyl (C=O) groups is 1. The first-order valence-corrected chi connectivity index (χ1v) is 11.4. The van der Waals surface area contributed by atoms with E-state index in [4.69, 9.17) is 9.84 Å². The van der Waals surface area contributed by atoms with E-state index in [0.717, 1.165) is 71.0 Å². The largest absolute Gasteiger partial charge is 0.495 e. The highest BCUT2D eigenvalue weighted by molar-refractivity contribution is 5.98. The molecule has 0 bridgehead atoms. The van der Waals surface area contributed by atoms with Gasteiger partial charge in [-0.25, -0.2) is 9.97 Å². The van der Waals surface area contributed by atoms with E-state index in [1.807, 2.05) is 47.1 Å². The highest BCUT2D eigenvalue weighted by atomic mass is 16.5. The zero-order valence-electron chi connectivity index (χ0n) is 19.5. The van der Waals surface area contributed by atoms with Crippen LogP contribution in [0.3, 0.4) is 0 Å². The molecule has 8 nitrogen and oxygen atoms in total. The molecular formula is C26H26N6O2. The zero-order valence-corrected chi connectivity index (χ0v) is 19.5. The van der Waals surface area contributed by atoms with Crippen LogP contribution in [-0.2, 0) is 11.8 Å². The van der Waals surface area contributed by atoms with Crippen LogP contribution in [0.15, 0.2) is 55.0 Å². The molecule has 1 amide bonds. The normalized spacial score (nSPS) is 16.4. The van der Waals surface area contributed by atoms with Gasteiger partial charge >= 0.3 is 0 Å². The van der Waals surface area contributed by atoms with Crippen LogP contribution in [0.2, 0.25) is 0 Å². The number of rotatable bonds is 4. The summed E-state index contributed by atoms with van der Waals surface area (Å²) in [5.41, 5.74) is 5.82. The number of hydrogen-bond donors (Lipinski definition) is 0. The van der Waals surface area contributed by atoms with Crippen molar-refractivity contribution >= 4 is 22.5 Å². The molecule has 0 unspecified atom stereocenters. The van der Waals surface area contributed by atoms with Crippen molar-refractivity contribution in [3.63, 3.8) is 0 Å². The average Bonchev–Trinajstić information content (AvgIpc) is 3.18. The third-order valence-corrected chi connectivity index (χ3v) is 6.96. The summed E-state index contributed by atoms with van der Waals surface area (Å²) in [6, 6.07) is 14.3. The minimum Gasteiger partial charge on any atom is -0.495 e. The minimum absolute atomic E-state index is 0.155. The third kappa shape index (κ3) is 3.21. The Kier molecular flexibility index (Phi) is 4.58. The van der Waals surface area contributed by atoms with Crippen LogP contribution in [0.25, 0.3) is 33.4 Å². The lowest BCUT2D eigenvalue weighted by atomic mass is 9.72. The molecule has 0 radical (unpaired) electrons. The molecule has 4 heterocycles. The molecule has 2 saturated heterocycles. The number of benzene rings is 2. The summed E-state index contributed by atoms with van der Waals surface area (Å²) in [4.78, 5) is 25.1. The fraction of sp³-hybridized carbons (Fsp3) is 0.308. The topological polar surface area (TPSA) is 76.4 Å². The second-order valence-corrected chi connectivity index (χ2v) is 9.43. The number of methoxy groups -OCH3 is 1. The van der Waals surface area contributed by atoms with Gasteiger partial charge in [0.1, 0.15) is 17.8 Å². The quantitative estimate of drug-likeness (QED) is 0.471. The highest BCUT2D eigenvalue weighted by Crippen LogP contribution is 2.46. The van der Waals surface area contributed by atoms with E-state index in [9.17, 15) is 4.79 Å². The number of ether oxygens (including phenoxy) is 1. The maximum Gasteiger partial charge on any atom is 0.219 e. The van der Waals surface area contributed by atoms with E-state index in [0.29, 0.717) is 0 Å². The first-order chi connectivity index (χ1) is 16.5. The predicted molar refractivity (Wildman–Crippen MR) is 131 cm³/mol. The van der Waals surface area contributed by atoms with E-state index in [2.05, 4.69) is 33.1 Å². The lowest BCUT2D eigenvalue weighted by molar-refractivity contribution is -0.142. The first-order valence-electron chi connectivity index (χ1n) is 11.4. The summed E-state index contributed by atoms with van der Waals surface area (Å²) >= 11 is 0. The average molecular weight is 455 g/mol. The highest BCUT2D eigenvalue weighted by Gasteiger charge is 2.53. The van der Waals surface area contributed by atoms with Crippen LogP contribution in [0.1, 0.15) is 6.92 Å².